The Morgan fingerprint density at radius 1 is 1.07 bits per heavy atom. The van der Waals surface area contributed by atoms with Crippen LogP contribution in [0.25, 0.3) is 11.3 Å². The van der Waals surface area contributed by atoms with Crippen LogP contribution in [-0.4, -0.2) is 17.6 Å². The maximum atomic E-state index is 13.0. The summed E-state index contributed by atoms with van der Waals surface area (Å²) in [6.07, 6.45) is -1.87. The van der Waals surface area contributed by atoms with Crippen molar-refractivity contribution in [2.24, 2.45) is 0 Å². The van der Waals surface area contributed by atoms with E-state index in [9.17, 15) is 18.0 Å². The number of aryl methyl sites for hydroxylation is 2. The van der Waals surface area contributed by atoms with Gasteiger partial charge in [0.25, 0.3) is 5.91 Å². The number of carbonyl (C=O) groups excluding carboxylic acids is 1. The first-order valence-electron chi connectivity index (χ1n) is 9.32. The van der Waals surface area contributed by atoms with E-state index in [1.54, 1.807) is 6.92 Å². The molecule has 3 aromatic rings. The van der Waals surface area contributed by atoms with Gasteiger partial charge < -0.3 is 9.84 Å². The Labute approximate surface area is 166 Å². The lowest BCUT2D eigenvalue weighted by Gasteiger charge is -2.09. The largest absolute Gasteiger partial charge is 0.416 e. The van der Waals surface area contributed by atoms with Crippen LogP contribution in [0.2, 0.25) is 0 Å². The van der Waals surface area contributed by atoms with E-state index in [0.717, 1.165) is 31.4 Å². The molecule has 0 saturated heterocycles. The predicted octanol–water partition coefficient (Wildman–Crippen LogP) is 5.42. The number of aromatic nitrogens is 1. The smallest absolute Gasteiger partial charge is 0.355 e. The molecule has 3 rings (SSSR count). The molecule has 1 N–H and O–H groups in total. The van der Waals surface area contributed by atoms with E-state index in [4.69, 9.17) is 4.52 Å². The van der Waals surface area contributed by atoms with Gasteiger partial charge in [0.15, 0.2) is 5.76 Å². The third-order valence-electron chi connectivity index (χ3n) is 4.56. The summed E-state index contributed by atoms with van der Waals surface area (Å²) in [5.74, 6) is -0.369. The second-order valence-electron chi connectivity index (χ2n) is 6.75. The Bertz CT molecular complexity index is 966. The molecule has 152 valence electrons. The Morgan fingerprint density at radius 3 is 2.55 bits per heavy atom. The molecule has 1 amide bonds. The molecule has 0 atom stereocenters. The Balaban J connectivity index is 1.64. The van der Waals surface area contributed by atoms with Gasteiger partial charge in [0.05, 0.1) is 11.3 Å². The molecule has 0 fully saturated rings. The summed E-state index contributed by atoms with van der Waals surface area (Å²) in [5.41, 5.74) is 1.08. The number of amides is 1. The SMILES string of the molecule is Cc1noc(-c2cccc(C(F)(F)F)c2)c1C(=O)NCCCCc1ccccc1. The monoisotopic (exact) mass is 402 g/mol. The highest BCUT2D eigenvalue weighted by Gasteiger charge is 2.31. The Morgan fingerprint density at radius 2 is 1.83 bits per heavy atom. The number of alkyl halides is 3. The first kappa shape index (κ1) is 20.6. The van der Waals surface area contributed by atoms with Gasteiger partial charge >= 0.3 is 6.18 Å². The van der Waals surface area contributed by atoms with Crippen LogP contribution in [0.3, 0.4) is 0 Å². The van der Waals surface area contributed by atoms with E-state index in [0.29, 0.717) is 12.2 Å². The van der Waals surface area contributed by atoms with E-state index in [1.165, 1.54) is 17.7 Å². The minimum absolute atomic E-state index is 0.0374. The van der Waals surface area contributed by atoms with Crippen molar-refractivity contribution < 1.29 is 22.5 Å². The molecule has 29 heavy (non-hydrogen) atoms. The van der Waals surface area contributed by atoms with E-state index < -0.39 is 17.6 Å². The number of nitrogens with zero attached hydrogens (tertiary/aromatic N) is 1. The van der Waals surface area contributed by atoms with Crippen molar-refractivity contribution in [3.8, 4) is 11.3 Å². The minimum Gasteiger partial charge on any atom is -0.355 e. The van der Waals surface area contributed by atoms with E-state index >= 15 is 0 Å². The van der Waals surface area contributed by atoms with Gasteiger partial charge in [0.1, 0.15) is 5.56 Å². The molecule has 0 aliphatic rings. The molecule has 1 aromatic heterocycles. The average Bonchev–Trinajstić information content (AvgIpc) is 3.09. The van der Waals surface area contributed by atoms with Crippen LogP contribution in [0.1, 0.15) is 40.0 Å². The fourth-order valence-corrected chi connectivity index (χ4v) is 3.06. The highest BCUT2D eigenvalue weighted by atomic mass is 19.4. The number of carbonyl (C=O) groups is 1. The molecule has 0 unspecified atom stereocenters. The van der Waals surface area contributed by atoms with Crippen LogP contribution in [-0.2, 0) is 12.6 Å². The molecule has 0 saturated carbocycles. The lowest BCUT2D eigenvalue weighted by molar-refractivity contribution is -0.137. The summed E-state index contributed by atoms with van der Waals surface area (Å²) in [7, 11) is 0. The summed E-state index contributed by atoms with van der Waals surface area (Å²) >= 11 is 0. The second-order valence-corrected chi connectivity index (χ2v) is 6.75. The highest BCUT2D eigenvalue weighted by molar-refractivity contribution is 6.00. The van der Waals surface area contributed by atoms with Gasteiger partial charge in [-0.3, -0.25) is 4.79 Å². The summed E-state index contributed by atoms with van der Waals surface area (Å²) in [6.45, 7) is 2.04. The zero-order chi connectivity index (χ0) is 20.9. The quantitative estimate of drug-likeness (QED) is 0.537. The van der Waals surface area contributed by atoms with Gasteiger partial charge in [-0.2, -0.15) is 13.2 Å². The molecule has 0 radical (unpaired) electrons. The molecule has 4 nitrogen and oxygen atoms in total. The number of hydrogen-bond acceptors (Lipinski definition) is 3. The summed E-state index contributed by atoms with van der Waals surface area (Å²) in [6, 6.07) is 14.7. The maximum absolute atomic E-state index is 13.0. The summed E-state index contributed by atoms with van der Waals surface area (Å²) in [4.78, 5) is 12.6. The average molecular weight is 402 g/mol. The topological polar surface area (TPSA) is 55.1 Å². The third-order valence-corrected chi connectivity index (χ3v) is 4.56. The van der Waals surface area contributed by atoms with Crippen molar-refractivity contribution in [2.75, 3.05) is 6.54 Å². The lowest BCUT2D eigenvalue weighted by Crippen LogP contribution is -2.25. The first-order chi connectivity index (χ1) is 13.9. The van der Waals surface area contributed by atoms with Gasteiger partial charge in [-0.25, -0.2) is 0 Å². The van der Waals surface area contributed by atoms with Crippen molar-refractivity contribution in [1.82, 2.24) is 10.5 Å². The van der Waals surface area contributed by atoms with Crippen LogP contribution in [0.5, 0.6) is 0 Å². The predicted molar refractivity (Wildman–Crippen MR) is 103 cm³/mol. The molecule has 0 aliphatic heterocycles. The molecule has 7 heteroatoms. The van der Waals surface area contributed by atoms with Crippen molar-refractivity contribution in [3.05, 3.63) is 77.0 Å². The van der Waals surface area contributed by atoms with Gasteiger partial charge in [-0.1, -0.05) is 47.6 Å². The lowest BCUT2D eigenvalue weighted by atomic mass is 10.0. The van der Waals surface area contributed by atoms with Crippen LogP contribution >= 0.6 is 0 Å². The number of hydrogen-bond donors (Lipinski definition) is 1. The molecule has 0 spiro atoms. The number of benzene rings is 2. The highest BCUT2D eigenvalue weighted by Crippen LogP contribution is 2.33. The Kier molecular flexibility index (Phi) is 6.36. The van der Waals surface area contributed by atoms with Crippen LogP contribution < -0.4 is 5.32 Å². The van der Waals surface area contributed by atoms with Gasteiger partial charge in [-0.15, -0.1) is 0 Å². The van der Waals surface area contributed by atoms with Crippen LogP contribution in [0.15, 0.2) is 59.1 Å². The molecule has 2 aromatic carbocycles. The minimum atomic E-state index is -4.48. The van der Waals surface area contributed by atoms with Crippen molar-refractivity contribution >= 4 is 5.91 Å². The van der Waals surface area contributed by atoms with Gasteiger partial charge in [-0.05, 0) is 43.9 Å². The number of unbranched alkanes of at least 4 members (excludes halogenated alkanes) is 1. The summed E-state index contributed by atoms with van der Waals surface area (Å²) in [5, 5.41) is 6.58. The zero-order valence-corrected chi connectivity index (χ0v) is 15.9. The zero-order valence-electron chi connectivity index (χ0n) is 15.9. The second kappa shape index (κ2) is 8.94. The molecule has 0 aliphatic carbocycles. The fourth-order valence-electron chi connectivity index (χ4n) is 3.06. The Hall–Kier alpha value is -3.09. The van der Waals surface area contributed by atoms with E-state index in [-0.39, 0.29) is 16.9 Å². The van der Waals surface area contributed by atoms with Gasteiger partial charge in [0.2, 0.25) is 0 Å². The van der Waals surface area contributed by atoms with E-state index in [2.05, 4.69) is 22.6 Å². The van der Waals surface area contributed by atoms with E-state index in [1.807, 2.05) is 18.2 Å². The molecule has 1 heterocycles. The van der Waals surface area contributed by atoms with Crippen LogP contribution in [0, 0.1) is 6.92 Å². The number of rotatable bonds is 7. The van der Waals surface area contributed by atoms with Gasteiger partial charge in [0, 0.05) is 12.1 Å². The summed E-state index contributed by atoms with van der Waals surface area (Å²) < 4.78 is 44.1. The fraction of sp³-hybridized carbons (Fsp3) is 0.273. The number of nitrogens with one attached hydrogen (secondary N) is 1. The molecular weight excluding hydrogens is 381 g/mol. The third kappa shape index (κ3) is 5.25. The molecule has 0 bridgehead atoms. The first-order valence-corrected chi connectivity index (χ1v) is 9.32. The van der Waals surface area contributed by atoms with Crippen molar-refractivity contribution in [3.63, 3.8) is 0 Å². The molecular formula is C22H21F3N2O2. The maximum Gasteiger partial charge on any atom is 0.416 e. The number of halogens is 3. The van der Waals surface area contributed by atoms with Crippen molar-refractivity contribution in [1.29, 1.82) is 0 Å². The van der Waals surface area contributed by atoms with Crippen molar-refractivity contribution in [2.45, 2.75) is 32.4 Å². The standard InChI is InChI=1S/C22H21F3N2O2/c1-15-19(21(28)26-13-6-5-10-16-8-3-2-4-9-16)20(29-27-15)17-11-7-12-18(14-17)22(23,24)25/h2-4,7-9,11-12,14H,5-6,10,13H2,1H3,(H,26,28). The normalized spacial score (nSPS) is 11.4. The van der Waals surface area contributed by atoms with Crippen LogP contribution in [0.4, 0.5) is 13.2 Å².